The second-order valence-electron chi connectivity index (χ2n) is 5.91. The minimum atomic E-state index is -0.942. The predicted octanol–water partition coefficient (Wildman–Crippen LogP) is 2.74. The van der Waals surface area contributed by atoms with Gasteiger partial charge >= 0.3 is 5.97 Å². The Morgan fingerprint density at radius 2 is 1.65 bits per heavy atom. The van der Waals surface area contributed by atoms with Gasteiger partial charge in [0.15, 0.2) is 0 Å². The van der Waals surface area contributed by atoms with E-state index in [2.05, 4.69) is 5.32 Å². The number of carbonyl (C=O) groups excluding carboxylic acids is 2. The summed E-state index contributed by atoms with van der Waals surface area (Å²) in [5.41, 5.74) is -1.44. The summed E-state index contributed by atoms with van der Waals surface area (Å²) in [4.78, 5) is 44.7. The molecule has 26 heavy (non-hydrogen) atoms. The molecule has 1 N–H and O–H groups in total. The molecule has 0 aliphatic heterocycles. The number of ether oxygens (including phenoxy) is 1. The first-order valence-electron chi connectivity index (χ1n) is 8.11. The summed E-state index contributed by atoms with van der Waals surface area (Å²) in [5, 5.41) is 24.3. The molecule has 1 rings (SSSR count). The van der Waals surface area contributed by atoms with Crippen LogP contribution in [-0.4, -0.2) is 33.9 Å². The van der Waals surface area contributed by atoms with Gasteiger partial charge in [0.1, 0.15) is 6.04 Å². The van der Waals surface area contributed by atoms with Gasteiger partial charge < -0.3 is 10.1 Å². The first kappa shape index (κ1) is 21.0. The molecule has 0 fully saturated rings. The molecule has 1 aromatic rings. The molecule has 0 aromatic heterocycles. The third kappa shape index (κ3) is 6.11. The van der Waals surface area contributed by atoms with Crippen LogP contribution < -0.4 is 5.32 Å². The van der Waals surface area contributed by atoms with Crippen LogP contribution in [0.4, 0.5) is 11.4 Å². The third-order valence-electron chi connectivity index (χ3n) is 3.37. The van der Waals surface area contributed by atoms with E-state index < -0.39 is 39.1 Å². The van der Waals surface area contributed by atoms with Crippen LogP contribution in [0.5, 0.6) is 0 Å². The number of nitrogens with zero attached hydrogens (tertiary/aromatic N) is 2. The Bertz CT molecular complexity index is 671. The van der Waals surface area contributed by atoms with Gasteiger partial charge in [-0.05, 0) is 20.3 Å². The second kappa shape index (κ2) is 9.44. The Balaban J connectivity index is 3.09. The maximum absolute atomic E-state index is 12.4. The quantitative estimate of drug-likeness (QED) is 0.401. The average molecular weight is 367 g/mol. The second-order valence-corrected chi connectivity index (χ2v) is 5.91. The summed E-state index contributed by atoms with van der Waals surface area (Å²) >= 11 is 0. The number of nitro groups is 2. The van der Waals surface area contributed by atoms with Crippen molar-refractivity contribution in [2.24, 2.45) is 0 Å². The van der Waals surface area contributed by atoms with Crippen molar-refractivity contribution in [2.75, 3.05) is 0 Å². The van der Waals surface area contributed by atoms with Crippen LogP contribution in [0.15, 0.2) is 18.2 Å². The van der Waals surface area contributed by atoms with Crippen molar-refractivity contribution in [1.29, 1.82) is 0 Å². The molecule has 10 nitrogen and oxygen atoms in total. The fourth-order valence-electron chi connectivity index (χ4n) is 2.15. The molecule has 0 saturated carbocycles. The highest BCUT2D eigenvalue weighted by Gasteiger charge is 2.25. The van der Waals surface area contributed by atoms with Crippen LogP contribution in [-0.2, 0) is 9.53 Å². The summed E-state index contributed by atoms with van der Waals surface area (Å²) < 4.78 is 5.10. The van der Waals surface area contributed by atoms with Crippen LogP contribution in [0.3, 0.4) is 0 Å². The molecule has 0 unspecified atom stereocenters. The van der Waals surface area contributed by atoms with Crippen LogP contribution in [0.2, 0.25) is 0 Å². The third-order valence-corrected chi connectivity index (χ3v) is 3.37. The van der Waals surface area contributed by atoms with E-state index in [1.165, 1.54) is 0 Å². The lowest BCUT2D eigenvalue weighted by Crippen LogP contribution is -2.42. The number of amides is 1. The van der Waals surface area contributed by atoms with Crippen molar-refractivity contribution < 1.29 is 24.2 Å². The number of carbonyl (C=O) groups is 2. The molecular weight excluding hydrogens is 346 g/mol. The van der Waals surface area contributed by atoms with Gasteiger partial charge in [0, 0.05) is 12.1 Å². The lowest BCUT2D eigenvalue weighted by molar-refractivity contribution is -0.394. The first-order chi connectivity index (χ1) is 12.1. The highest BCUT2D eigenvalue weighted by molar-refractivity contribution is 5.98. The average Bonchev–Trinajstić information content (AvgIpc) is 2.57. The maximum Gasteiger partial charge on any atom is 0.328 e. The number of benzene rings is 1. The predicted molar refractivity (Wildman–Crippen MR) is 91.8 cm³/mol. The van der Waals surface area contributed by atoms with Crippen LogP contribution >= 0.6 is 0 Å². The Labute approximate surface area is 149 Å². The van der Waals surface area contributed by atoms with Crippen molar-refractivity contribution in [2.45, 2.75) is 52.2 Å². The number of unbranched alkanes of at least 4 members (excludes halogenated alkanes) is 1. The Morgan fingerprint density at radius 3 is 2.08 bits per heavy atom. The fourth-order valence-corrected chi connectivity index (χ4v) is 2.15. The minimum absolute atomic E-state index is 0.273. The molecule has 0 saturated heterocycles. The van der Waals surface area contributed by atoms with Gasteiger partial charge in [-0.2, -0.15) is 0 Å². The number of esters is 1. The van der Waals surface area contributed by atoms with E-state index in [4.69, 9.17) is 4.74 Å². The zero-order chi connectivity index (χ0) is 19.9. The molecule has 1 amide bonds. The molecule has 1 atom stereocenters. The molecule has 1 aromatic carbocycles. The zero-order valence-corrected chi connectivity index (χ0v) is 14.8. The normalized spacial score (nSPS) is 11.7. The molecule has 0 heterocycles. The van der Waals surface area contributed by atoms with Crippen molar-refractivity contribution >= 4 is 23.3 Å². The molecule has 142 valence electrons. The summed E-state index contributed by atoms with van der Waals surface area (Å²) in [6.07, 6.45) is 1.38. The maximum atomic E-state index is 12.4. The molecule has 0 aliphatic rings. The van der Waals surface area contributed by atoms with Gasteiger partial charge in [0.25, 0.3) is 17.3 Å². The van der Waals surface area contributed by atoms with Gasteiger partial charge in [0.05, 0.1) is 27.6 Å². The number of hydrogen-bond acceptors (Lipinski definition) is 7. The molecule has 0 aliphatic carbocycles. The van der Waals surface area contributed by atoms with Gasteiger partial charge in [-0.1, -0.05) is 19.8 Å². The smallest absolute Gasteiger partial charge is 0.328 e. The van der Waals surface area contributed by atoms with Gasteiger partial charge in [-0.25, -0.2) is 4.79 Å². The van der Waals surface area contributed by atoms with E-state index >= 15 is 0 Å². The Hall–Kier alpha value is -3.04. The fraction of sp³-hybridized carbons (Fsp3) is 0.500. The number of rotatable bonds is 9. The number of hydrogen-bond donors (Lipinski definition) is 1. The summed E-state index contributed by atoms with van der Waals surface area (Å²) in [6.45, 7) is 5.25. The first-order valence-corrected chi connectivity index (χ1v) is 8.11. The van der Waals surface area contributed by atoms with Crippen molar-refractivity contribution in [3.63, 3.8) is 0 Å². The number of non-ortho nitro benzene ring substituents is 2. The van der Waals surface area contributed by atoms with Crippen molar-refractivity contribution in [3.05, 3.63) is 44.0 Å². The lowest BCUT2D eigenvalue weighted by Gasteiger charge is -2.19. The molecule has 10 heteroatoms. The SMILES string of the molecule is CCCC[C@@H](NC(=O)c1cc([N+](=O)[O-])cc([N+](=O)[O-])c1)C(=O)OC(C)C. The molecule has 0 bridgehead atoms. The van der Waals surface area contributed by atoms with Crippen LogP contribution in [0.25, 0.3) is 0 Å². The topological polar surface area (TPSA) is 142 Å². The van der Waals surface area contributed by atoms with Crippen LogP contribution in [0.1, 0.15) is 50.4 Å². The van der Waals surface area contributed by atoms with E-state index in [9.17, 15) is 29.8 Å². The van der Waals surface area contributed by atoms with Gasteiger partial charge in [0.2, 0.25) is 0 Å². The molecule has 0 radical (unpaired) electrons. The monoisotopic (exact) mass is 367 g/mol. The molecular formula is C16H21N3O7. The summed E-state index contributed by atoms with van der Waals surface area (Å²) in [7, 11) is 0. The van der Waals surface area contributed by atoms with E-state index in [1.54, 1.807) is 13.8 Å². The zero-order valence-electron chi connectivity index (χ0n) is 14.8. The number of nitrogens with one attached hydrogen (secondary N) is 1. The Morgan fingerprint density at radius 1 is 1.12 bits per heavy atom. The molecule has 0 spiro atoms. The van der Waals surface area contributed by atoms with E-state index in [0.717, 1.165) is 24.6 Å². The highest BCUT2D eigenvalue weighted by atomic mass is 16.6. The van der Waals surface area contributed by atoms with Crippen molar-refractivity contribution in [3.8, 4) is 0 Å². The Kier molecular flexibility index (Phi) is 7.63. The summed E-state index contributed by atoms with van der Waals surface area (Å²) in [5.74, 6) is -1.44. The number of nitro benzene ring substituents is 2. The minimum Gasteiger partial charge on any atom is -0.461 e. The van der Waals surface area contributed by atoms with Crippen molar-refractivity contribution in [1.82, 2.24) is 5.32 Å². The van der Waals surface area contributed by atoms with E-state index in [-0.39, 0.29) is 11.7 Å². The largest absolute Gasteiger partial charge is 0.461 e. The standard InChI is InChI=1S/C16H21N3O7/c1-4-5-6-14(16(21)26-10(2)3)17-15(20)11-7-12(18(22)23)9-13(8-11)19(24)25/h7-10,14H,4-6H2,1-3H3,(H,17,20)/t14-/m1/s1. The van der Waals surface area contributed by atoms with Crippen LogP contribution in [0, 0.1) is 20.2 Å². The lowest BCUT2D eigenvalue weighted by atomic mass is 10.1. The summed E-state index contributed by atoms with van der Waals surface area (Å²) in [6, 6.07) is 1.67. The highest BCUT2D eigenvalue weighted by Crippen LogP contribution is 2.23. The van der Waals surface area contributed by atoms with E-state index in [1.807, 2.05) is 6.92 Å². The van der Waals surface area contributed by atoms with E-state index in [0.29, 0.717) is 12.8 Å². The van der Waals surface area contributed by atoms with Gasteiger partial charge in [-0.15, -0.1) is 0 Å². The van der Waals surface area contributed by atoms with Gasteiger partial charge in [-0.3, -0.25) is 25.0 Å².